The molecule has 0 spiro atoms. The summed E-state index contributed by atoms with van der Waals surface area (Å²) in [6.45, 7) is 4.40. The molecule has 3 N–H and O–H groups in total. The second-order valence-corrected chi connectivity index (χ2v) is 12.4. The van der Waals surface area contributed by atoms with Gasteiger partial charge in [0.05, 0.1) is 17.6 Å². The number of amides is 3. The lowest BCUT2D eigenvalue weighted by Crippen LogP contribution is -2.30. The molecule has 0 aliphatic carbocycles. The Hall–Kier alpha value is -5.19. The summed E-state index contributed by atoms with van der Waals surface area (Å²) >= 11 is 2.79. The first-order valence-corrected chi connectivity index (χ1v) is 16.9. The molecule has 0 saturated heterocycles. The highest BCUT2D eigenvalue weighted by molar-refractivity contribution is 8.00. The maximum absolute atomic E-state index is 13.6. The minimum absolute atomic E-state index is 0.0743. The van der Waals surface area contributed by atoms with Crippen molar-refractivity contribution < 1.29 is 19.1 Å². The van der Waals surface area contributed by atoms with Crippen LogP contribution in [-0.2, 0) is 9.59 Å². The Kier molecular flexibility index (Phi) is 11.6. The van der Waals surface area contributed by atoms with Crippen LogP contribution < -0.4 is 20.7 Å². The largest absolute Gasteiger partial charge is 0.494 e. The fourth-order valence-electron chi connectivity index (χ4n) is 4.53. The van der Waals surface area contributed by atoms with Crippen molar-refractivity contribution in [2.24, 2.45) is 0 Å². The Morgan fingerprint density at radius 3 is 2.30 bits per heavy atom. The molecule has 0 aliphatic rings. The van der Waals surface area contributed by atoms with E-state index < -0.39 is 11.8 Å². The van der Waals surface area contributed by atoms with Crippen molar-refractivity contribution in [3.63, 3.8) is 0 Å². The number of thioether (sulfide) groups is 1. The van der Waals surface area contributed by atoms with E-state index in [2.05, 4.69) is 20.9 Å². The van der Waals surface area contributed by atoms with Gasteiger partial charge in [-0.1, -0.05) is 73.7 Å². The van der Waals surface area contributed by atoms with Gasteiger partial charge in [-0.2, -0.15) is 0 Å². The van der Waals surface area contributed by atoms with E-state index in [-0.39, 0.29) is 16.9 Å². The summed E-state index contributed by atoms with van der Waals surface area (Å²) in [4.78, 5) is 45.2. The van der Waals surface area contributed by atoms with Crippen LogP contribution in [0.5, 0.6) is 5.75 Å². The molecule has 5 rings (SSSR count). The summed E-state index contributed by atoms with van der Waals surface area (Å²) in [5.74, 6) is -0.339. The molecule has 47 heavy (non-hydrogen) atoms. The monoisotopic (exact) mass is 662 g/mol. The summed E-state index contributed by atoms with van der Waals surface area (Å²) in [5, 5.41) is 10.7. The zero-order valence-electron chi connectivity index (χ0n) is 25.9. The molecule has 8 nitrogen and oxygen atoms in total. The minimum Gasteiger partial charge on any atom is -0.494 e. The normalized spacial score (nSPS) is 11.7. The van der Waals surface area contributed by atoms with E-state index in [1.165, 1.54) is 23.1 Å². The van der Waals surface area contributed by atoms with E-state index in [1.807, 2.05) is 98.1 Å². The Morgan fingerprint density at radius 2 is 1.60 bits per heavy atom. The molecule has 5 aromatic rings. The predicted molar refractivity (Wildman–Crippen MR) is 191 cm³/mol. The van der Waals surface area contributed by atoms with Crippen LogP contribution in [0.3, 0.4) is 0 Å². The van der Waals surface area contributed by atoms with Crippen LogP contribution in [0.4, 0.5) is 10.8 Å². The van der Waals surface area contributed by atoms with E-state index >= 15 is 0 Å². The van der Waals surface area contributed by atoms with E-state index in [0.29, 0.717) is 40.7 Å². The van der Waals surface area contributed by atoms with Gasteiger partial charge in [-0.3, -0.25) is 14.4 Å². The molecule has 4 aromatic carbocycles. The van der Waals surface area contributed by atoms with Crippen molar-refractivity contribution >= 4 is 57.7 Å². The molecular weight excluding hydrogens is 629 g/mol. The van der Waals surface area contributed by atoms with Crippen molar-refractivity contribution in [3.05, 3.63) is 131 Å². The molecule has 1 unspecified atom stereocenters. The van der Waals surface area contributed by atoms with Crippen LogP contribution in [0.25, 0.3) is 17.3 Å². The van der Waals surface area contributed by atoms with Gasteiger partial charge in [0.1, 0.15) is 11.4 Å². The van der Waals surface area contributed by atoms with Crippen molar-refractivity contribution in [3.8, 4) is 17.0 Å². The van der Waals surface area contributed by atoms with Gasteiger partial charge in [-0.05, 0) is 67.4 Å². The number of carbonyl (C=O) groups is 3. The summed E-state index contributed by atoms with van der Waals surface area (Å²) in [5.41, 5.74) is 3.53. The first-order chi connectivity index (χ1) is 22.9. The Morgan fingerprint density at radius 1 is 0.872 bits per heavy atom. The van der Waals surface area contributed by atoms with Gasteiger partial charge < -0.3 is 20.7 Å². The van der Waals surface area contributed by atoms with E-state index in [4.69, 9.17) is 4.74 Å². The molecule has 238 valence electrons. The van der Waals surface area contributed by atoms with E-state index in [0.717, 1.165) is 16.2 Å². The molecule has 0 saturated carbocycles. The van der Waals surface area contributed by atoms with Gasteiger partial charge in [-0.25, -0.2) is 4.98 Å². The molecule has 3 amide bonds. The number of aromatic nitrogens is 1. The minimum atomic E-state index is -0.493. The average molecular weight is 663 g/mol. The lowest BCUT2D eigenvalue weighted by molar-refractivity contribution is -0.116. The molecular formula is C37H34N4O4S2. The molecule has 0 radical (unpaired) electrons. The first kappa shape index (κ1) is 33.2. The van der Waals surface area contributed by atoms with Gasteiger partial charge in [0.2, 0.25) is 5.91 Å². The second-order valence-electron chi connectivity index (χ2n) is 10.3. The Bertz CT molecular complexity index is 1840. The smallest absolute Gasteiger partial charge is 0.272 e. The molecule has 10 heteroatoms. The highest BCUT2D eigenvalue weighted by Gasteiger charge is 2.20. The molecule has 0 fully saturated rings. The summed E-state index contributed by atoms with van der Waals surface area (Å²) in [7, 11) is 0. The SMILES string of the molecule is CCOc1ccc(/C=C(/NC(=O)c2ccccc2)C(=O)Nc2cccc(SC(CC)C(=O)Nc3nc(-c4ccccc4)cs3)c2)cc1. The van der Waals surface area contributed by atoms with Gasteiger partial charge in [0.25, 0.3) is 11.8 Å². The fourth-order valence-corrected chi connectivity index (χ4v) is 6.26. The third kappa shape index (κ3) is 9.41. The van der Waals surface area contributed by atoms with Crippen molar-refractivity contribution in [1.82, 2.24) is 10.3 Å². The first-order valence-electron chi connectivity index (χ1n) is 15.1. The number of nitrogens with zero attached hydrogens (tertiary/aromatic N) is 1. The lowest BCUT2D eigenvalue weighted by atomic mass is 10.1. The molecule has 0 aliphatic heterocycles. The number of nitrogens with one attached hydrogen (secondary N) is 3. The molecule has 1 aromatic heterocycles. The van der Waals surface area contributed by atoms with Crippen molar-refractivity contribution in [2.45, 2.75) is 30.4 Å². The van der Waals surface area contributed by atoms with Gasteiger partial charge in [0, 0.05) is 27.1 Å². The lowest BCUT2D eigenvalue weighted by Gasteiger charge is -2.15. The summed E-state index contributed by atoms with van der Waals surface area (Å²) in [6.07, 6.45) is 2.20. The number of ether oxygens (including phenoxy) is 1. The van der Waals surface area contributed by atoms with E-state index in [1.54, 1.807) is 36.4 Å². The zero-order valence-corrected chi connectivity index (χ0v) is 27.6. The van der Waals surface area contributed by atoms with Crippen LogP contribution in [0, 0.1) is 0 Å². The van der Waals surface area contributed by atoms with Crippen LogP contribution in [0.1, 0.15) is 36.2 Å². The van der Waals surface area contributed by atoms with Crippen molar-refractivity contribution in [1.29, 1.82) is 0 Å². The van der Waals surface area contributed by atoms with Crippen LogP contribution >= 0.6 is 23.1 Å². The topological polar surface area (TPSA) is 109 Å². The van der Waals surface area contributed by atoms with Gasteiger partial charge in [0.15, 0.2) is 5.13 Å². The number of rotatable bonds is 13. The van der Waals surface area contributed by atoms with Crippen LogP contribution in [-0.4, -0.2) is 34.6 Å². The number of carbonyl (C=O) groups excluding carboxylic acids is 3. The standard InChI is InChI=1S/C37H34N4O4S2/c1-3-33(36(44)41-37-40-32(24-46-37)26-12-7-5-8-13-26)47-30-17-11-16-28(23-30)38-35(43)31(39-34(42)27-14-9-6-10-15-27)22-25-18-20-29(21-19-25)45-4-2/h5-24,33H,3-4H2,1-2H3,(H,38,43)(H,39,42)(H,40,41,44)/b31-22+. The maximum atomic E-state index is 13.6. The Balaban J connectivity index is 1.28. The highest BCUT2D eigenvalue weighted by atomic mass is 32.2. The number of hydrogen-bond donors (Lipinski definition) is 3. The maximum Gasteiger partial charge on any atom is 0.272 e. The number of anilines is 2. The summed E-state index contributed by atoms with van der Waals surface area (Å²) < 4.78 is 5.52. The number of thiazole rings is 1. The number of benzene rings is 4. The summed E-state index contributed by atoms with van der Waals surface area (Å²) in [6, 6.07) is 33.0. The molecule has 0 bridgehead atoms. The van der Waals surface area contributed by atoms with Crippen LogP contribution in [0.15, 0.2) is 125 Å². The quantitative estimate of drug-likeness (QED) is 0.0868. The number of hydrogen-bond acceptors (Lipinski definition) is 7. The molecule has 1 atom stereocenters. The Labute approximate surface area is 282 Å². The van der Waals surface area contributed by atoms with Crippen LogP contribution in [0.2, 0.25) is 0 Å². The zero-order chi connectivity index (χ0) is 33.0. The van der Waals surface area contributed by atoms with E-state index in [9.17, 15) is 14.4 Å². The molecule has 1 heterocycles. The predicted octanol–water partition coefficient (Wildman–Crippen LogP) is 8.13. The van der Waals surface area contributed by atoms with Crippen molar-refractivity contribution in [2.75, 3.05) is 17.2 Å². The average Bonchev–Trinajstić information content (AvgIpc) is 3.57. The second kappa shape index (κ2) is 16.4. The third-order valence-corrected chi connectivity index (χ3v) is 8.98. The fraction of sp³-hybridized carbons (Fsp3) is 0.135. The highest BCUT2D eigenvalue weighted by Crippen LogP contribution is 2.30. The van der Waals surface area contributed by atoms with Gasteiger partial charge in [-0.15, -0.1) is 23.1 Å². The van der Waals surface area contributed by atoms with Gasteiger partial charge >= 0.3 is 0 Å². The third-order valence-electron chi connectivity index (χ3n) is 6.87.